The van der Waals surface area contributed by atoms with Gasteiger partial charge in [0, 0.05) is 11.6 Å². The summed E-state index contributed by atoms with van der Waals surface area (Å²) in [7, 11) is 7.38. The van der Waals surface area contributed by atoms with Gasteiger partial charge in [-0.1, -0.05) is 23.2 Å². The van der Waals surface area contributed by atoms with Crippen molar-refractivity contribution in [1.82, 2.24) is 10.2 Å². The molecule has 16 heavy (non-hydrogen) atoms. The van der Waals surface area contributed by atoms with Crippen LogP contribution in [0.5, 0.6) is 5.75 Å². The van der Waals surface area contributed by atoms with E-state index in [4.69, 9.17) is 27.9 Å². The van der Waals surface area contributed by atoms with Crippen LogP contribution >= 0.6 is 23.2 Å². The van der Waals surface area contributed by atoms with Crippen molar-refractivity contribution in [3.8, 4) is 5.75 Å². The summed E-state index contributed by atoms with van der Waals surface area (Å²) in [6.45, 7) is 0. The Labute approximate surface area is 106 Å². The number of benzene rings is 1. The summed E-state index contributed by atoms with van der Waals surface area (Å²) in [5.74, 6) is 0.587. The van der Waals surface area contributed by atoms with Crippen molar-refractivity contribution >= 4 is 23.2 Å². The molecule has 0 aliphatic carbocycles. The van der Waals surface area contributed by atoms with Crippen LogP contribution in [0.3, 0.4) is 0 Å². The second kappa shape index (κ2) is 5.73. The lowest BCUT2D eigenvalue weighted by atomic mass is 10.1. The number of rotatable bonds is 4. The number of methoxy groups -OCH3 is 1. The fourth-order valence-corrected chi connectivity index (χ4v) is 2.11. The van der Waals surface area contributed by atoms with Crippen molar-refractivity contribution in [2.75, 3.05) is 28.3 Å². The normalized spacial score (nSPS) is 12.9. The standard InChI is InChI=1S/C11H16Cl2N2O/c1-14-11(15(2)3)7-5-9(13)10(16-4)6-8(7)12/h5-6,11,14H,1-4H3. The molecule has 0 aliphatic rings. The van der Waals surface area contributed by atoms with Crippen LogP contribution in [0.4, 0.5) is 0 Å². The summed E-state index contributed by atoms with van der Waals surface area (Å²) in [6, 6.07) is 3.55. The molecule has 3 nitrogen and oxygen atoms in total. The van der Waals surface area contributed by atoms with Crippen LogP contribution in [0.1, 0.15) is 11.7 Å². The second-order valence-corrected chi connectivity index (χ2v) is 4.48. The Hall–Kier alpha value is -0.480. The zero-order valence-electron chi connectivity index (χ0n) is 9.84. The average molecular weight is 263 g/mol. The fraction of sp³-hybridized carbons (Fsp3) is 0.455. The van der Waals surface area contributed by atoms with E-state index >= 15 is 0 Å². The van der Waals surface area contributed by atoms with E-state index in [1.165, 1.54) is 0 Å². The molecule has 0 saturated heterocycles. The summed E-state index contributed by atoms with van der Waals surface area (Å²) in [5.41, 5.74) is 0.931. The molecule has 0 amide bonds. The van der Waals surface area contributed by atoms with Crippen LogP contribution in [0.2, 0.25) is 10.0 Å². The van der Waals surface area contributed by atoms with E-state index in [1.54, 1.807) is 13.2 Å². The highest BCUT2D eigenvalue weighted by atomic mass is 35.5. The van der Waals surface area contributed by atoms with Crippen molar-refractivity contribution < 1.29 is 4.74 Å². The molecule has 1 N–H and O–H groups in total. The molecule has 0 heterocycles. The van der Waals surface area contributed by atoms with Gasteiger partial charge in [0.2, 0.25) is 0 Å². The van der Waals surface area contributed by atoms with Gasteiger partial charge in [0.05, 0.1) is 23.3 Å². The van der Waals surface area contributed by atoms with Gasteiger partial charge in [-0.05, 0) is 27.2 Å². The molecule has 1 atom stereocenters. The molecule has 1 rings (SSSR count). The SMILES string of the molecule is CNC(c1cc(Cl)c(OC)cc1Cl)N(C)C. The number of halogens is 2. The first-order chi connectivity index (χ1) is 7.51. The largest absolute Gasteiger partial charge is 0.495 e. The number of nitrogens with one attached hydrogen (secondary N) is 1. The van der Waals surface area contributed by atoms with Crippen molar-refractivity contribution in [3.63, 3.8) is 0 Å². The fourth-order valence-electron chi connectivity index (χ4n) is 1.60. The maximum atomic E-state index is 6.19. The molecule has 0 fully saturated rings. The van der Waals surface area contributed by atoms with Gasteiger partial charge >= 0.3 is 0 Å². The van der Waals surface area contributed by atoms with E-state index in [0.29, 0.717) is 15.8 Å². The van der Waals surface area contributed by atoms with E-state index < -0.39 is 0 Å². The number of hydrogen-bond acceptors (Lipinski definition) is 3. The van der Waals surface area contributed by atoms with Gasteiger partial charge in [-0.2, -0.15) is 0 Å². The zero-order chi connectivity index (χ0) is 12.3. The highest BCUT2D eigenvalue weighted by Crippen LogP contribution is 2.34. The molecule has 0 saturated carbocycles. The molecule has 1 aromatic carbocycles. The van der Waals surface area contributed by atoms with E-state index in [-0.39, 0.29) is 6.17 Å². The maximum Gasteiger partial charge on any atom is 0.138 e. The van der Waals surface area contributed by atoms with Gasteiger partial charge in [0.25, 0.3) is 0 Å². The quantitative estimate of drug-likeness (QED) is 0.845. The van der Waals surface area contributed by atoms with Crippen molar-refractivity contribution in [1.29, 1.82) is 0 Å². The third-order valence-electron chi connectivity index (χ3n) is 2.36. The van der Waals surface area contributed by atoms with Crippen molar-refractivity contribution in [3.05, 3.63) is 27.7 Å². The Morgan fingerprint density at radius 1 is 1.25 bits per heavy atom. The van der Waals surface area contributed by atoms with Crippen LogP contribution in [0.25, 0.3) is 0 Å². The Kier molecular flexibility index (Phi) is 4.87. The van der Waals surface area contributed by atoms with E-state index in [2.05, 4.69) is 5.32 Å². The van der Waals surface area contributed by atoms with Crippen LogP contribution < -0.4 is 10.1 Å². The Morgan fingerprint density at radius 2 is 1.88 bits per heavy atom. The molecule has 5 heteroatoms. The molecule has 1 unspecified atom stereocenters. The zero-order valence-corrected chi connectivity index (χ0v) is 11.4. The summed E-state index contributed by atoms with van der Waals surface area (Å²) in [5, 5.41) is 4.36. The summed E-state index contributed by atoms with van der Waals surface area (Å²) < 4.78 is 5.10. The molecular formula is C11H16Cl2N2O. The average Bonchev–Trinajstić information content (AvgIpc) is 2.23. The number of hydrogen-bond donors (Lipinski definition) is 1. The molecule has 0 aromatic heterocycles. The summed E-state index contributed by atoms with van der Waals surface area (Å²) in [4.78, 5) is 2.02. The number of nitrogens with zero attached hydrogens (tertiary/aromatic N) is 1. The minimum Gasteiger partial charge on any atom is -0.495 e. The van der Waals surface area contributed by atoms with Crippen LogP contribution in [0.15, 0.2) is 12.1 Å². The van der Waals surface area contributed by atoms with Crippen molar-refractivity contribution in [2.45, 2.75) is 6.17 Å². The molecule has 90 valence electrons. The van der Waals surface area contributed by atoms with E-state index in [1.807, 2.05) is 32.1 Å². The Morgan fingerprint density at radius 3 is 2.31 bits per heavy atom. The smallest absolute Gasteiger partial charge is 0.138 e. The molecule has 0 bridgehead atoms. The first-order valence-electron chi connectivity index (χ1n) is 4.88. The molecule has 0 spiro atoms. The predicted molar refractivity (Wildman–Crippen MR) is 68.5 cm³/mol. The first-order valence-corrected chi connectivity index (χ1v) is 5.63. The Bertz CT molecular complexity index is 369. The third-order valence-corrected chi connectivity index (χ3v) is 2.98. The van der Waals surface area contributed by atoms with Crippen LogP contribution in [-0.2, 0) is 0 Å². The van der Waals surface area contributed by atoms with Crippen LogP contribution in [0, 0.1) is 0 Å². The van der Waals surface area contributed by atoms with Gasteiger partial charge < -0.3 is 10.1 Å². The van der Waals surface area contributed by atoms with E-state index in [0.717, 1.165) is 5.56 Å². The van der Waals surface area contributed by atoms with Crippen LogP contribution in [-0.4, -0.2) is 33.2 Å². The maximum absolute atomic E-state index is 6.19. The van der Waals surface area contributed by atoms with Crippen molar-refractivity contribution in [2.24, 2.45) is 0 Å². The lowest BCUT2D eigenvalue weighted by molar-refractivity contribution is 0.264. The number of ether oxygens (including phenoxy) is 1. The van der Waals surface area contributed by atoms with Gasteiger partial charge in [-0.15, -0.1) is 0 Å². The topological polar surface area (TPSA) is 24.5 Å². The van der Waals surface area contributed by atoms with Gasteiger partial charge in [0.1, 0.15) is 5.75 Å². The van der Waals surface area contributed by atoms with Gasteiger partial charge in [0.15, 0.2) is 0 Å². The lowest BCUT2D eigenvalue weighted by Gasteiger charge is -2.25. The highest BCUT2D eigenvalue weighted by molar-refractivity contribution is 6.34. The second-order valence-electron chi connectivity index (χ2n) is 3.66. The molecular weight excluding hydrogens is 247 g/mol. The minimum absolute atomic E-state index is 0.0240. The minimum atomic E-state index is 0.0240. The summed E-state index contributed by atoms with van der Waals surface area (Å²) in [6.07, 6.45) is 0.0240. The third kappa shape index (κ3) is 2.80. The lowest BCUT2D eigenvalue weighted by Crippen LogP contribution is -2.31. The first kappa shape index (κ1) is 13.6. The van der Waals surface area contributed by atoms with E-state index in [9.17, 15) is 0 Å². The van der Waals surface area contributed by atoms with Gasteiger partial charge in [-0.25, -0.2) is 0 Å². The highest BCUT2D eigenvalue weighted by Gasteiger charge is 2.17. The summed E-state index contributed by atoms with van der Waals surface area (Å²) >= 11 is 12.3. The molecule has 0 radical (unpaired) electrons. The van der Waals surface area contributed by atoms with Gasteiger partial charge in [-0.3, -0.25) is 4.90 Å². The predicted octanol–water partition coefficient (Wildman–Crippen LogP) is 2.78. The molecule has 0 aliphatic heterocycles. The Balaban J connectivity index is 3.18. The monoisotopic (exact) mass is 262 g/mol. The molecule has 1 aromatic rings.